The number of aliphatic hydroxyl groups excluding tert-OH is 1. The van der Waals surface area contributed by atoms with Gasteiger partial charge in [-0.2, -0.15) is 0 Å². The number of rotatable bonds is 20. The van der Waals surface area contributed by atoms with E-state index in [4.69, 9.17) is 16.6 Å². The lowest BCUT2D eigenvalue weighted by Crippen LogP contribution is -2.60. The molecule has 0 unspecified atom stereocenters. The molecule has 0 aliphatic carbocycles. The number of amides is 7. The lowest BCUT2D eigenvalue weighted by atomic mass is 10.0. The van der Waals surface area contributed by atoms with Crippen molar-refractivity contribution in [2.45, 2.75) is 70.1 Å². The van der Waals surface area contributed by atoms with Crippen LogP contribution in [0, 0.1) is 5.92 Å². The molecule has 2 rings (SSSR count). The summed E-state index contributed by atoms with van der Waals surface area (Å²) in [6.07, 6.45) is -1.25. The van der Waals surface area contributed by atoms with E-state index in [0.29, 0.717) is 5.56 Å². The highest BCUT2D eigenvalue weighted by atomic mass is 16.4. The highest BCUT2D eigenvalue weighted by molar-refractivity contribution is 5.97. The number of aliphatic carboxylic acids is 1. The highest BCUT2D eigenvalue weighted by Gasteiger charge is 2.33. The van der Waals surface area contributed by atoms with E-state index >= 15 is 0 Å². The summed E-state index contributed by atoms with van der Waals surface area (Å²) in [4.78, 5) is 98.8. The molecule has 0 fully saturated rings. The summed E-state index contributed by atoms with van der Waals surface area (Å²) in [6.45, 7) is 1.76. The SMILES string of the molecule is CC(C)[C@H](NC(=O)[C@H](CO)NC(=O)[C@H](CC(N)=O)NC(=O)[C@H](Cc1ccc2ccccc2c1)NC(=O)CCCC(=O)O)C(=O)NCC(N)=O. The molecule has 0 radical (unpaired) electrons. The Bertz CT molecular complexity index is 1550. The first-order chi connectivity index (χ1) is 23.1. The Morgan fingerprint density at radius 3 is 1.92 bits per heavy atom. The number of carboxylic acids is 1. The number of carboxylic acid groups (broad SMARTS) is 1. The number of fused-ring (bicyclic) bond motifs is 1. The van der Waals surface area contributed by atoms with E-state index in [1.165, 1.54) is 0 Å². The fourth-order valence-corrected chi connectivity index (χ4v) is 4.70. The van der Waals surface area contributed by atoms with Crippen LogP contribution in [0.15, 0.2) is 42.5 Å². The lowest BCUT2D eigenvalue weighted by molar-refractivity contribution is -0.137. The van der Waals surface area contributed by atoms with Gasteiger partial charge in [0.15, 0.2) is 0 Å². The molecule has 2 aromatic carbocycles. The van der Waals surface area contributed by atoms with Gasteiger partial charge < -0.3 is 48.3 Å². The van der Waals surface area contributed by atoms with Gasteiger partial charge in [0.25, 0.3) is 0 Å². The van der Waals surface area contributed by atoms with Crippen LogP contribution < -0.4 is 38.1 Å². The molecule has 0 heterocycles. The number of carbonyl (C=O) groups excluding carboxylic acids is 7. The number of hydrogen-bond acceptors (Lipinski definition) is 9. The fourth-order valence-electron chi connectivity index (χ4n) is 4.70. The van der Waals surface area contributed by atoms with Gasteiger partial charge in [-0.05, 0) is 28.7 Å². The molecule has 17 heteroatoms. The minimum Gasteiger partial charge on any atom is -0.481 e. The van der Waals surface area contributed by atoms with E-state index < -0.39 is 97.0 Å². The Morgan fingerprint density at radius 2 is 1.33 bits per heavy atom. The Labute approximate surface area is 281 Å². The van der Waals surface area contributed by atoms with Crippen molar-refractivity contribution in [1.82, 2.24) is 26.6 Å². The van der Waals surface area contributed by atoms with E-state index in [2.05, 4.69) is 26.6 Å². The largest absolute Gasteiger partial charge is 0.481 e. The van der Waals surface area contributed by atoms with Crippen LogP contribution in [0.5, 0.6) is 0 Å². The molecule has 7 amide bonds. The quantitative estimate of drug-likeness (QED) is 0.0718. The first-order valence-electron chi connectivity index (χ1n) is 15.5. The molecule has 0 saturated carbocycles. The number of nitrogens with two attached hydrogens (primary N) is 2. The number of aliphatic hydroxyl groups is 1. The van der Waals surface area contributed by atoms with Gasteiger partial charge in [0.1, 0.15) is 24.2 Å². The molecule has 4 atom stereocenters. The van der Waals surface area contributed by atoms with Crippen molar-refractivity contribution in [2.24, 2.45) is 17.4 Å². The first-order valence-corrected chi connectivity index (χ1v) is 15.5. The molecule has 0 spiro atoms. The van der Waals surface area contributed by atoms with Crippen molar-refractivity contribution >= 4 is 58.1 Å². The van der Waals surface area contributed by atoms with Crippen LogP contribution in [-0.4, -0.2) is 94.9 Å². The van der Waals surface area contributed by atoms with E-state index in [1.54, 1.807) is 19.9 Å². The van der Waals surface area contributed by atoms with E-state index in [1.807, 2.05) is 36.4 Å². The van der Waals surface area contributed by atoms with Crippen LogP contribution in [0.1, 0.15) is 45.1 Å². The summed E-state index contributed by atoms with van der Waals surface area (Å²) in [7, 11) is 0. The summed E-state index contributed by atoms with van der Waals surface area (Å²) in [5.74, 6) is -7.75. The third-order valence-electron chi connectivity index (χ3n) is 7.24. The fraction of sp³-hybridized carbons (Fsp3) is 0.438. The zero-order valence-electron chi connectivity index (χ0n) is 27.2. The Kier molecular flexibility index (Phi) is 15.6. The molecule has 49 heavy (non-hydrogen) atoms. The van der Waals surface area contributed by atoms with Crippen molar-refractivity contribution in [3.05, 3.63) is 48.0 Å². The van der Waals surface area contributed by atoms with Crippen LogP contribution in [0.4, 0.5) is 0 Å². The molecule has 0 aromatic heterocycles. The van der Waals surface area contributed by atoms with E-state index in [-0.39, 0.29) is 25.7 Å². The third-order valence-corrected chi connectivity index (χ3v) is 7.24. The molecule has 11 N–H and O–H groups in total. The average molecular weight is 686 g/mol. The molecule has 0 bridgehead atoms. The second-order valence-corrected chi connectivity index (χ2v) is 11.6. The highest BCUT2D eigenvalue weighted by Crippen LogP contribution is 2.17. The van der Waals surface area contributed by atoms with E-state index in [0.717, 1.165) is 10.8 Å². The number of hydrogen-bond donors (Lipinski definition) is 9. The number of primary amides is 2. The summed E-state index contributed by atoms with van der Waals surface area (Å²) in [6, 6.07) is 7.03. The monoisotopic (exact) mass is 685 g/mol. The predicted octanol–water partition coefficient (Wildman–Crippen LogP) is -2.30. The maximum Gasteiger partial charge on any atom is 0.303 e. The van der Waals surface area contributed by atoms with Gasteiger partial charge >= 0.3 is 5.97 Å². The number of nitrogens with one attached hydrogen (secondary N) is 5. The minimum absolute atomic E-state index is 0.00721. The Hall–Kier alpha value is -5.58. The Morgan fingerprint density at radius 1 is 0.714 bits per heavy atom. The average Bonchev–Trinajstić information content (AvgIpc) is 3.03. The summed E-state index contributed by atoms with van der Waals surface area (Å²) >= 11 is 0. The van der Waals surface area contributed by atoms with Crippen LogP contribution in [0.3, 0.4) is 0 Å². The summed E-state index contributed by atoms with van der Waals surface area (Å²) in [5.41, 5.74) is 11.0. The minimum atomic E-state index is -1.66. The zero-order chi connectivity index (χ0) is 36.7. The predicted molar refractivity (Wildman–Crippen MR) is 175 cm³/mol. The van der Waals surface area contributed by atoms with Gasteiger partial charge in [0.05, 0.1) is 19.6 Å². The maximum atomic E-state index is 13.6. The first kappa shape index (κ1) is 39.6. The summed E-state index contributed by atoms with van der Waals surface area (Å²) in [5, 5.41) is 32.4. The molecule has 266 valence electrons. The van der Waals surface area contributed by atoms with Crippen LogP contribution in [0.25, 0.3) is 10.8 Å². The zero-order valence-corrected chi connectivity index (χ0v) is 27.2. The molecular weight excluding hydrogens is 642 g/mol. The molecule has 0 saturated heterocycles. The van der Waals surface area contributed by atoms with Gasteiger partial charge in [-0.3, -0.25) is 38.4 Å². The third kappa shape index (κ3) is 13.6. The number of carbonyl (C=O) groups is 8. The second-order valence-electron chi connectivity index (χ2n) is 11.6. The van der Waals surface area contributed by atoms with Crippen LogP contribution in [0.2, 0.25) is 0 Å². The van der Waals surface area contributed by atoms with Crippen molar-refractivity contribution < 1.29 is 48.6 Å². The molecule has 17 nitrogen and oxygen atoms in total. The van der Waals surface area contributed by atoms with Gasteiger partial charge in [-0.25, -0.2) is 0 Å². The van der Waals surface area contributed by atoms with Crippen molar-refractivity contribution in [3.8, 4) is 0 Å². The topological polar surface area (TPSA) is 289 Å². The second kappa shape index (κ2) is 19.3. The van der Waals surface area contributed by atoms with E-state index in [9.17, 15) is 43.5 Å². The van der Waals surface area contributed by atoms with Crippen LogP contribution >= 0.6 is 0 Å². The smallest absolute Gasteiger partial charge is 0.303 e. The Balaban J connectivity index is 2.25. The van der Waals surface area contributed by atoms with Crippen molar-refractivity contribution in [1.29, 1.82) is 0 Å². The van der Waals surface area contributed by atoms with Gasteiger partial charge in [-0.15, -0.1) is 0 Å². The van der Waals surface area contributed by atoms with Crippen molar-refractivity contribution in [2.75, 3.05) is 13.2 Å². The molecule has 0 aliphatic heterocycles. The standard InChI is InChI=1S/C32H43N7O10/c1-17(2)28(32(49)35-15-25(34)42)39-31(48)23(16-40)38-30(47)22(14-24(33)41)37-29(46)21(36-26(43)8-5-9-27(44)45)13-18-10-11-19-6-3-4-7-20(19)12-18/h3-4,6-7,10-12,17,21-23,28,40H,5,8-9,13-16H2,1-2H3,(H2,33,41)(H2,34,42)(H,35,49)(H,36,43)(H,37,46)(H,38,47)(H,39,48)(H,44,45)/t21-,22-,23-,28-/m0/s1. The summed E-state index contributed by atoms with van der Waals surface area (Å²) < 4.78 is 0. The molecule has 0 aliphatic rings. The van der Waals surface area contributed by atoms with Crippen LogP contribution in [-0.2, 0) is 44.8 Å². The number of benzene rings is 2. The molecular formula is C32H43N7O10. The van der Waals surface area contributed by atoms with Gasteiger partial charge in [0.2, 0.25) is 41.4 Å². The van der Waals surface area contributed by atoms with Crippen molar-refractivity contribution in [3.63, 3.8) is 0 Å². The van der Waals surface area contributed by atoms with Gasteiger partial charge in [0, 0.05) is 19.3 Å². The lowest BCUT2D eigenvalue weighted by Gasteiger charge is -2.26. The normalized spacial score (nSPS) is 13.3. The maximum absolute atomic E-state index is 13.6. The molecule has 2 aromatic rings. The van der Waals surface area contributed by atoms with Gasteiger partial charge in [-0.1, -0.05) is 56.3 Å².